The largest absolute Gasteiger partial charge is 0.338 e. The van der Waals surface area contributed by atoms with Crippen LogP contribution in [0, 0.1) is 5.82 Å². The lowest BCUT2D eigenvalue weighted by Gasteiger charge is -2.42. The van der Waals surface area contributed by atoms with Gasteiger partial charge >= 0.3 is 0 Å². The Bertz CT molecular complexity index is 615. The van der Waals surface area contributed by atoms with Crippen LogP contribution in [0.4, 0.5) is 9.18 Å². The fourth-order valence-corrected chi connectivity index (χ4v) is 3.42. The average molecular weight is 322 g/mol. The number of likely N-dealkylation sites (tertiary alicyclic amines) is 1. The predicted octanol–water partition coefficient (Wildman–Crippen LogP) is 1.66. The zero-order valence-corrected chi connectivity index (χ0v) is 12.6. The number of amides is 3. The van der Waals surface area contributed by atoms with Crippen LogP contribution in [0.3, 0.4) is 0 Å². The molecular weight excluding hydrogens is 307 g/mol. The van der Waals surface area contributed by atoms with Gasteiger partial charge in [0.2, 0.25) is 11.8 Å². The third-order valence-corrected chi connectivity index (χ3v) is 4.77. The zero-order chi connectivity index (χ0) is 15.7. The minimum atomic E-state index is -0.304. The second-order valence-corrected chi connectivity index (χ2v) is 6.29. The molecule has 0 spiro atoms. The summed E-state index contributed by atoms with van der Waals surface area (Å²) in [4.78, 5) is 38.1. The third-order valence-electron chi connectivity index (χ3n) is 3.93. The highest BCUT2D eigenvalue weighted by atomic mass is 32.2. The smallest absolute Gasteiger partial charge is 0.289 e. The van der Waals surface area contributed by atoms with Gasteiger partial charge in [-0.1, -0.05) is 30.0 Å². The quantitative estimate of drug-likeness (QED) is 0.846. The number of hydrogen-bond acceptors (Lipinski definition) is 4. The molecule has 1 aromatic rings. The van der Waals surface area contributed by atoms with E-state index in [-0.39, 0.29) is 41.1 Å². The van der Waals surface area contributed by atoms with E-state index in [0.717, 1.165) is 11.8 Å². The number of halogens is 1. The summed E-state index contributed by atoms with van der Waals surface area (Å²) in [6.07, 6.45) is 0.578. The van der Waals surface area contributed by atoms with Gasteiger partial charge in [0.15, 0.2) is 0 Å². The minimum absolute atomic E-state index is 0.0775. The molecule has 2 saturated heterocycles. The molecule has 0 saturated carbocycles. The Morgan fingerprint density at radius 2 is 2.00 bits per heavy atom. The van der Waals surface area contributed by atoms with Gasteiger partial charge in [-0.05, 0) is 18.1 Å². The van der Waals surface area contributed by atoms with Gasteiger partial charge in [0, 0.05) is 19.5 Å². The van der Waals surface area contributed by atoms with Gasteiger partial charge in [-0.3, -0.25) is 19.3 Å². The van der Waals surface area contributed by atoms with Crippen molar-refractivity contribution in [3.8, 4) is 0 Å². The first kappa shape index (κ1) is 15.0. The average Bonchev–Trinajstić information content (AvgIpc) is 2.77. The Morgan fingerprint density at radius 1 is 1.27 bits per heavy atom. The van der Waals surface area contributed by atoms with Crippen molar-refractivity contribution >= 4 is 28.8 Å². The third kappa shape index (κ3) is 2.85. The molecule has 0 aliphatic carbocycles. The second-order valence-electron chi connectivity index (χ2n) is 5.36. The summed E-state index contributed by atoms with van der Waals surface area (Å²) in [5, 5.41) is -0.228. The van der Waals surface area contributed by atoms with Crippen molar-refractivity contribution in [3.05, 3.63) is 35.6 Å². The van der Waals surface area contributed by atoms with Crippen LogP contribution in [0.25, 0.3) is 0 Å². The maximum Gasteiger partial charge on any atom is 0.289 e. The summed E-state index contributed by atoms with van der Waals surface area (Å²) in [7, 11) is 0. The highest BCUT2D eigenvalue weighted by Crippen LogP contribution is 2.26. The predicted molar refractivity (Wildman–Crippen MR) is 79.8 cm³/mol. The highest BCUT2D eigenvalue weighted by Gasteiger charge is 2.43. The number of aryl methyl sites for hydroxylation is 1. The number of carbonyl (C=O) groups is 3. The molecule has 0 atom stereocenters. The molecule has 22 heavy (non-hydrogen) atoms. The van der Waals surface area contributed by atoms with E-state index in [0.29, 0.717) is 25.1 Å². The van der Waals surface area contributed by atoms with Crippen LogP contribution in [0.1, 0.15) is 12.0 Å². The van der Waals surface area contributed by atoms with Crippen LogP contribution in [-0.2, 0) is 16.0 Å². The Morgan fingerprint density at radius 3 is 2.64 bits per heavy atom. The van der Waals surface area contributed by atoms with E-state index < -0.39 is 0 Å². The van der Waals surface area contributed by atoms with Crippen LogP contribution in [0.5, 0.6) is 0 Å². The summed E-state index contributed by atoms with van der Waals surface area (Å²) < 4.78 is 13.5. The Hall–Kier alpha value is -1.89. The molecule has 2 heterocycles. The minimum Gasteiger partial charge on any atom is -0.338 e. The van der Waals surface area contributed by atoms with E-state index in [9.17, 15) is 18.8 Å². The first-order valence-electron chi connectivity index (χ1n) is 7.06. The monoisotopic (exact) mass is 322 g/mol. The number of benzene rings is 1. The molecule has 0 unspecified atom stereocenters. The van der Waals surface area contributed by atoms with Crippen molar-refractivity contribution in [2.75, 3.05) is 18.8 Å². The molecule has 2 aliphatic heterocycles. The van der Waals surface area contributed by atoms with Crippen LogP contribution >= 0.6 is 11.8 Å². The molecule has 3 rings (SSSR count). The fraction of sp³-hybridized carbons (Fsp3) is 0.400. The van der Waals surface area contributed by atoms with Gasteiger partial charge in [0.1, 0.15) is 5.82 Å². The molecule has 7 heteroatoms. The molecule has 0 bridgehead atoms. The summed E-state index contributed by atoms with van der Waals surface area (Å²) in [5.41, 5.74) is 0.522. The van der Waals surface area contributed by atoms with Crippen molar-refractivity contribution in [2.45, 2.75) is 18.9 Å². The number of imide groups is 1. The van der Waals surface area contributed by atoms with Gasteiger partial charge in [-0.25, -0.2) is 4.39 Å². The maximum atomic E-state index is 13.5. The molecule has 5 nitrogen and oxygen atoms in total. The molecule has 0 radical (unpaired) electrons. The van der Waals surface area contributed by atoms with E-state index >= 15 is 0 Å². The number of rotatable bonds is 4. The molecular formula is C15H15FN2O3S. The van der Waals surface area contributed by atoms with E-state index in [2.05, 4.69) is 0 Å². The molecule has 3 amide bonds. The van der Waals surface area contributed by atoms with Crippen molar-refractivity contribution < 1.29 is 18.8 Å². The molecule has 116 valence electrons. The van der Waals surface area contributed by atoms with Crippen molar-refractivity contribution in [1.82, 2.24) is 9.80 Å². The summed E-state index contributed by atoms with van der Waals surface area (Å²) in [6, 6.07) is 6.20. The van der Waals surface area contributed by atoms with Crippen LogP contribution in [0.2, 0.25) is 0 Å². The standard InChI is InChI=1S/C15H15FN2O3S/c16-12-4-2-1-3-10(12)5-6-13(19)17-7-11(8-17)18-14(20)9-22-15(18)21/h1-4,11H,5-9H2. The number of nitrogens with zero attached hydrogens (tertiary/aromatic N) is 2. The first-order chi connectivity index (χ1) is 10.6. The van der Waals surface area contributed by atoms with Gasteiger partial charge in [0.05, 0.1) is 11.8 Å². The lowest BCUT2D eigenvalue weighted by atomic mass is 10.0. The Labute approximate surface area is 131 Å². The van der Waals surface area contributed by atoms with Gasteiger partial charge in [-0.2, -0.15) is 0 Å². The first-order valence-corrected chi connectivity index (χ1v) is 8.05. The summed E-state index contributed by atoms with van der Waals surface area (Å²) in [5.74, 6) is -0.372. The van der Waals surface area contributed by atoms with Gasteiger partial charge < -0.3 is 4.90 Å². The maximum absolute atomic E-state index is 13.5. The highest BCUT2D eigenvalue weighted by molar-refractivity contribution is 8.14. The molecule has 2 fully saturated rings. The van der Waals surface area contributed by atoms with E-state index in [1.807, 2.05) is 0 Å². The molecule has 0 aromatic heterocycles. The lowest BCUT2D eigenvalue weighted by Crippen LogP contribution is -2.62. The molecule has 0 N–H and O–H groups in total. The van der Waals surface area contributed by atoms with Crippen molar-refractivity contribution in [2.24, 2.45) is 0 Å². The van der Waals surface area contributed by atoms with Crippen LogP contribution < -0.4 is 0 Å². The van der Waals surface area contributed by atoms with E-state index in [4.69, 9.17) is 0 Å². The van der Waals surface area contributed by atoms with Crippen LogP contribution in [0.15, 0.2) is 24.3 Å². The van der Waals surface area contributed by atoms with E-state index in [1.54, 1.807) is 23.1 Å². The summed E-state index contributed by atoms with van der Waals surface area (Å²) in [6.45, 7) is 0.766. The fourth-order valence-electron chi connectivity index (χ4n) is 2.64. The second kappa shape index (κ2) is 6.08. The number of hydrogen-bond donors (Lipinski definition) is 0. The van der Waals surface area contributed by atoms with E-state index in [1.165, 1.54) is 11.0 Å². The topological polar surface area (TPSA) is 57.7 Å². The molecule has 1 aromatic carbocycles. The van der Waals surface area contributed by atoms with Crippen molar-refractivity contribution in [1.29, 1.82) is 0 Å². The van der Waals surface area contributed by atoms with Gasteiger partial charge in [0.25, 0.3) is 5.24 Å². The Kier molecular flexibility index (Phi) is 4.15. The Balaban J connectivity index is 1.49. The van der Waals surface area contributed by atoms with Gasteiger partial charge in [-0.15, -0.1) is 0 Å². The SMILES string of the molecule is O=C(CCc1ccccc1F)N1CC(N2C(=O)CSC2=O)C1. The zero-order valence-electron chi connectivity index (χ0n) is 11.8. The lowest BCUT2D eigenvalue weighted by molar-refractivity contribution is -0.142. The number of carbonyl (C=O) groups excluding carboxylic acids is 3. The molecule has 2 aliphatic rings. The van der Waals surface area contributed by atoms with Crippen LogP contribution in [-0.4, -0.2) is 51.7 Å². The normalized spacial score (nSPS) is 18.8. The summed E-state index contributed by atoms with van der Waals surface area (Å²) >= 11 is 1.00. The number of thioether (sulfide) groups is 1. The van der Waals surface area contributed by atoms with Crippen molar-refractivity contribution in [3.63, 3.8) is 0 Å².